The first-order valence-electron chi connectivity index (χ1n) is 16.4. The zero-order chi connectivity index (χ0) is 30.2. The van der Waals surface area contributed by atoms with Crippen molar-refractivity contribution in [1.29, 1.82) is 0 Å². The van der Waals surface area contributed by atoms with Gasteiger partial charge in [0.25, 0.3) is 0 Å². The summed E-state index contributed by atoms with van der Waals surface area (Å²) in [6, 6.07) is 1.80. The quantitative estimate of drug-likeness (QED) is 0.381. The number of cyclic esters (lactones) is 2. The summed E-state index contributed by atoms with van der Waals surface area (Å²) in [5, 5.41) is 12.3. The summed E-state index contributed by atoms with van der Waals surface area (Å²) >= 11 is 0. The Morgan fingerprint density at radius 1 is 1.05 bits per heavy atom. The monoisotopic (exact) mass is 596 g/mol. The number of aliphatic hydroxyl groups is 1. The number of ketones is 1. The van der Waals surface area contributed by atoms with E-state index in [-0.39, 0.29) is 30.7 Å². The van der Waals surface area contributed by atoms with Gasteiger partial charge in [0.2, 0.25) is 0 Å². The summed E-state index contributed by atoms with van der Waals surface area (Å²) < 4.78 is 30.6. The number of epoxide rings is 1. The maximum Gasteiger partial charge on any atom is 0.339 e. The lowest BCUT2D eigenvalue weighted by molar-refractivity contribution is -0.252. The van der Waals surface area contributed by atoms with E-state index in [0.717, 1.165) is 12.0 Å². The Bertz CT molecular complexity index is 1350. The number of rotatable bonds is 5. The lowest BCUT2D eigenvalue weighted by Crippen LogP contribution is -2.76. The van der Waals surface area contributed by atoms with Crippen molar-refractivity contribution in [3.63, 3.8) is 0 Å². The van der Waals surface area contributed by atoms with Crippen LogP contribution >= 0.6 is 0 Å². The molecule has 4 aliphatic heterocycles. The minimum atomic E-state index is -1.37. The van der Waals surface area contributed by atoms with Crippen LogP contribution in [0.2, 0.25) is 0 Å². The van der Waals surface area contributed by atoms with Crippen LogP contribution in [0.25, 0.3) is 0 Å². The van der Waals surface area contributed by atoms with Crippen molar-refractivity contribution in [1.82, 2.24) is 0 Å². The number of hydrogen-bond donors (Lipinski definition) is 1. The number of furan rings is 1. The Morgan fingerprint density at radius 3 is 2.53 bits per heavy atom. The van der Waals surface area contributed by atoms with Gasteiger partial charge in [-0.2, -0.15) is 0 Å². The van der Waals surface area contributed by atoms with Crippen molar-refractivity contribution in [2.24, 2.45) is 39.9 Å². The van der Waals surface area contributed by atoms with E-state index in [2.05, 4.69) is 13.8 Å². The summed E-state index contributed by atoms with van der Waals surface area (Å²) in [6.07, 6.45) is 7.75. The zero-order valence-corrected chi connectivity index (χ0v) is 25.6. The lowest BCUT2D eigenvalue weighted by atomic mass is 9.36. The van der Waals surface area contributed by atoms with Gasteiger partial charge in [-0.15, -0.1) is 0 Å². The van der Waals surface area contributed by atoms with Crippen LogP contribution < -0.4 is 0 Å². The Kier molecular flexibility index (Phi) is 5.88. The molecule has 9 heteroatoms. The second-order valence-electron chi connectivity index (χ2n) is 15.6. The number of aliphatic hydroxyl groups excluding tert-OH is 1. The van der Waals surface area contributed by atoms with Gasteiger partial charge < -0.3 is 28.5 Å². The first kappa shape index (κ1) is 28.3. The van der Waals surface area contributed by atoms with Gasteiger partial charge in [-0.3, -0.25) is 9.59 Å². The van der Waals surface area contributed by atoms with Crippen LogP contribution in [0.15, 0.2) is 23.0 Å². The molecule has 7 fully saturated rings. The molecule has 7 aliphatic rings. The van der Waals surface area contributed by atoms with Gasteiger partial charge in [0.15, 0.2) is 11.9 Å². The Morgan fingerprint density at radius 2 is 1.81 bits per heavy atom. The van der Waals surface area contributed by atoms with E-state index < -0.39 is 63.8 Å². The van der Waals surface area contributed by atoms with E-state index in [4.69, 9.17) is 23.4 Å². The third-order valence-corrected chi connectivity index (χ3v) is 13.9. The SMILES string of the molecule is C[C@@H](CC[C@@]1(C)O[C@H]2CC(=O)OC[C@@]23[C@H]2CC[C@]4(C)[C@H](c5ccoc5)OC(=O)[C@H]5O[C@@]54[C@@]2(C)[C@H](O)C(=O)[C@H]31)C1CCCC1. The van der Waals surface area contributed by atoms with Crippen molar-refractivity contribution >= 4 is 17.7 Å². The molecular formula is C34H44O9. The average molecular weight is 597 g/mol. The first-order valence-corrected chi connectivity index (χ1v) is 16.4. The van der Waals surface area contributed by atoms with E-state index in [9.17, 15) is 19.5 Å². The molecule has 2 spiro atoms. The van der Waals surface area contributed by atoms with Gasteiger partial charge in [0.05, 0.1) is 36.6 Å². The number of ether oxygens (including phenoxy) is 4. The molecule has 0 unspecified atom stereocenters. The normalized spacial score (nSPS) is 51.0. The standard InChI is InChI=1S/C34H44O9/c1-18(19-7-5-6-8-19)9-13-31(3)25-24(36)26(37)32(4)21(33(25)17-40-23(35)15-22(33)42-31)10-12-30(2)27(20-11-14-39-16-20)41-29(38)28-34(30,32)43-28/h11,14,16,18-19,21-22,25-28,37H,5-10,12-13,15,17H2,1-4H3/t18-,21-,22-,25-,26+,27-,28+,30+,31+,32+,33+,34-/m0/s1. The summed E-state index contributed by atoms with van der Waals surface area (Å²) in [5.74, 6) is -0.781. The highest BCUT2D eigenvalue weighted by atomic mass is 16.7. The molecule has 0 amide bonds. The van der Waals surface area contributed by atoms with Crippen LogP contribution in [0.4, 0.5) is 0 Å². The molecule has 4 saturated heterocycles. The molecule has 0 bridgehead atoms. The Labute approximate surface area is 252 Å². The number of carbonyl (C=O) groups excluding carboxylic acids is 3. The van der Waals surface area contributed by atoms with Crippen molar-refractivity contribution < 1.29 is 42.9 Å². The minimum absolute atomic E-state index is 0.0702. The molecule has 3 aliphatic carbocycles. The van der Waals surface area contributed by atoms with Crippen LogP contribution in [-0.4, -0.2) is 58.9 Å². The van der Waals surface area contributed by atoms with Crippen molar-refractivity contribution in [2.45, 2.75) is 121 Å². The molecule has 1 aromatic heterocycles. The number of fused-ring (bicyclic) bond motifs is 1. The lowest BCUT2D eigenvalue weighted by Gasteiger charge is -2.66. The van der Waals surface area contributed by atoms with Crippen molar-refractivity contribution in [3.8, 4) is 0 Å². The first-order chi connectivity index (χ1) is 20.4. The molecule has 0 aromatic carbocycles. The maximum absolute atomic E-state index is 14.8. The smallest absolute Gasteiger partial charge is 0.339 e. The minimum Gasteiger partial charge on any atom is -0.472 e. The fourth-order valence-corrected chi connectivity index (χ4v) is 11.8. The fourth-order valence-electron chi connectivity index (χ4n) is 11.8. The van der Waals surface area contributed by atoms with E-state index in [1.54, 1.807) is 18.6 Å². The highest BCUT2D eigenvalue weighted by Crippen LogP contribution is 2.80. The predicted octanol–water partition coefficient (Wildman–Crippen LogP) is 4.69. The van der Waals surface area contributed by atoms with Crippen LogP contribution in [-0.2, 0) is 33.3 Å². The number of carbonyl (C=O) groups is 3. The largest absolute Gasteiger partial charge is 0.472 e. The van der Waals surface area contributed by atoms with Gasteiger partial charge in [-0.25, -0.2) is 4.79 Å². The molecule has 5 heterocycles. The topological polar surface area (TPSA) is 125 Å². The molecule has 43 heavy (non-hydrogen) atoms. The van der Waals surface area contributed by atoms with Gasteiger partial charge in [-0.1, -0.05) is 46.5 Å². The number of esters is 2. The summed E-state index contributed by atoms with van der Waals surface area (Å²) in [7, 11) is 0. The van der Waals surface area contributed by atoms with Crippen molar-refractivity contribution in [3.05, 3.63) is 24.2 Å². The van der Waals surface area contributed by atoms with E-state index >= 15 is 0 Å². The summed E-state index contributed by atoms with van der Waals surface area (Å²) in [5.41, 5.74) is -3.89. The van der Waals surface area contributed by atoms with E-state index in [1.807, 2.05) is 13.8 Å². The fraction of sp³-hybridized carbons (Fsp3) is 0.794. The van der Waals surface area contributed by atoms with Crippen LogP contribution in [0.3, 0.4) is 0 Å². The molecular weight excluding hydrogens is 552 g/mol. The molecule has 1 N–H and O–H groups in total. The molecule has 9 nitrogen and oxygen atoms in total. The summed E-state index contributed by atoms with van der Waals surface area (Å²) in [6.45, 7) is 8.38. The van der Waals surface area contributed by atoms with Crippen LogP contribution in [0, 0.1) is 39.9 Å². The Balaban J connectivity index is 1.22. The number of hydrogen-bond acceptors (Lipinski definition) is 9. The summed E-state index contributed by atoms with van der Waals surface area (Å²) in [4.78, 5) is 41.0. The van der Waals surface area contributed by atoms with Gasteiger partial charge in [0.1, 0.15) is 24.4 Å². The molecule has 8 rings (SSSR count). The second kappa shape index (κ2) is 8.94. The average Bonchev–Trinajstić information content (AvgIpc) is 3.31. The van der Waals surface area contributed by atoms with Crippen LogP contribution in [0.5, 0.6) is 0 Å². The van der Waals surface area contributed by atoms with Crippen molar-refractivity contribution in [2.75, 3.05) is 6.61 Å². The molecule has 3 saturated carbocycles. The van der Waals surface area contributed by atoms with Gasteiger partial charge >= 0.3 is 11.9 Å². The second-order valence-corrected chi connectivity index (χ2v) is 15.6. The predicted molar refractivity (Wildman–Crippen MR) is 150 cm³/mol. The molecule has 12 atom stereocenters. The maximum atomic E-state index is 14.8. The zero-order valence-electron chi connectivity index (χ0n) is 25.6. The van der Waals surface area contributed by atoms with Gasteiger partial charge in [-0.05, 0) is 56.4 Å². The Hall–Kier alpha value is -2.23. The number of Topliss-reactive ketones (excluding diaryl/α,β-unsaturated/α-hetero) is 1. The van der Waals surface area contributed by atoms with E-state index in [1.165, 1.54) is 25.7 Å². The van der Waals surface area contributed by atoms with Crippen LogP contribution in [0.1, 0.15) is 97.1 Å². The molecule has 1 aromatic rings. The van der Waals surface area contributed by atoms with E-state index in [0.29, 0.717) is 31.1 Å². The van der Waals surface area contributed by atoms with Gasteiger partial charge in [0, 0.05) is 21.8 Å². The third kappa shape index (κ3) is 3.27. The highest BCUT2D eigenvalue weighted by molar-refractivity contribution is 5.92. The molecule has 0 radical (unpaired) electrons. The highest BCUT2D eigenvalue weighted by Gasteiger charge is 2.90. The third-order valence-electron chi connectivity index (χ3n) is 13.9. The molecule has 234 valence electrons.